The van der Waals surface area contributed by atoms with Crippen molar-refractivity contribution < 1.29 is 19.4 Å². The predicted molar refractivity (Wildman–Crippen MR) is 88.9 cm³/mol. The third kappa shape index (κ3) is 6.97. The molecule has 2 rings (SSSR count). The average molecular weight is 363 g/mol. The van der Waals surface area contributed by atoms with Gasteiger partial charge in [0.25, 0.3) is 0 Å². The fourth-order valence-electron chi connectivity index (χ4n) is 1.88. The third-order valence-electron chi connectivity index (χ3n) is 2.93. The molecule has 2 N–H and O–H groups in total. The number of phenols is 1. The quantitative estimate of drug-likeness (QED) is 0.862. The smallest absolute Gasteiger partial charge is 0.410 e. The van der Waals surface area contributed by atoms with E-state index in [1.54, 1.807) is 11.0 Å². The first kappa shape index (κ1) is 19.4. The summed E-state index contributed by atoms with van der Waals surface area (Å²) in [6, 6.07) is 4.41. The van der Waals surface area contributed by atoms with Crippen LogP contribution < -0.4 is 5.32 Å². The highest BCUT2D eigenvalue weighted by atomic mass is 35.5. The lowest BCUT2D eigenvalue weighted by molar-refractivity contribution is -0.119. The van der Waals surface area contributed by atoms with Crippen LogP contribution in [0.15, 0.2) is 18.2 Å². The molecule has 0 aromatic heterocycles. The van der Waals surface area contributed by atoms with Crippen LogP contribution in [-0.4, -0.2) is 47.7 Å². The molecule has 0 radical (unpaired) electrons. The molecule has 0 bridgehead atoms. The summed E-state index contributed by atoms with van der Waals surface area (Å²) in [4.78, 5) is 23.5. The number of amides is 2. The van der Waals surface area contributed by atoms with E-state index in [1.165, 1.54) is 19.1 Å². The Bertz CT molecular complexity index is 554. The SMILES string of the molecule is CCCN1CC(CNC(C)=O)OC1=O.Oc1ccc(Cl)c(Cl)c1. The summed E-state index contributed by atoms with van der Waals surface area (Å²) in [5.41, 5.74) is 0. The molecular weight excluding hydrogens is 343 g/mol. The third-order valence-corrected chi connectivity index (χ3v) is 3.66. The largest absolute Gasteiger partial charge is 0.508 e. The van der Waals surface area contributed by atoms with Crippen molar-refractivity contribution in [2.75, 3.05) is 19.6 Å². The van der Waals surface area contributed by atoms with E-state index in [2.05, 4.69) is 5.32 Å². The lowest BCUT2D eigenvalue weighted by Gasteiger charge is -2.10. The first-order valence-corrected chi connectivity index (χ1v) is 7.93. The summed E-state index contributed by atoms with van der Waals surface area (Å²) in [6.07, 6.45) is 0.447. The molecule has 1 aliphatic heterocycles. The topological polar surface area (TPSA) is 78.9 Å². The Labute approximate surface area is 145 Å². The molecule has 1 heterocycles. The van der Waals surface area contributed by atoms with Gasteiger partial charge in [-0.3, -0.25) is 4.79 Å². The maximum absolute atomic E-state index is 11.2. The number of ether oxygens (including phenoxy) is 1. The molecule has 128 valence electrons. The second-order valence-corrected chi connectivity index (χ2v) is 5.80. The van der Waals surface area contributed by atoms with E-state index < -0.39 is 0 Å². The number of benzene rings is 1. The van der Waals surface area contributed by atoms with Crippen LogP contribution >= 0.6 is 23.2 Å². The normalized spacial score (nSPS) is 16.4. The van der Waals surface area contributed by atoms with Crippen molar-refractivity contribution in [3.05, 3.63) is 28.2 Å². The molecule has 1 atom stereocenters. The van der Waals surface area contributed by atoms with Gasteiger partial charge in [0.15, 0.2) is 0 Å². The van der Waals surface area contributed by atoms with Crippen LogP contribution in [0, 0.1) is 0 Å². The molecule has 2 amide bonds. The summed E-state index contributed by atoms with van der Waals surface area (Å²) < 4.78 is 5.05. The van der Waals surface area contributed by atoms with Crippen molar-refractivity contribution in [1.82, 2.24) is 10.2 Å². The highest BCUT2D eigenvalue weighted by Gasteiger charge is 2.30. The molecule has 1 aromatic carbocycles. The minimum Gasteiger partial charge on any atom is -0.508 e. The van der Waals surface area contributed by atoms with Crippen LogP contribution in [0.3, 0.4) is 0 Å². The first-order chi connectivity index (χ1) is 10.8. The van der Waals surface area contributed by atoms with Crippen LogP contribution in [0.1, 0.15) is 20.3 Å². The molecule has 1 fully saturated rings. The maximum Gasteiger partial charge on any atom is 0.410 e. The number of hydrogen-bond acceptors (Lipinski definition) is 4. The van der Waals surface area contributed by atoms with Gasteiger partial charge in [0, 0.05) is 13.5 Å². The molecule has 1 aromatic rings. The Hall–Kier alpha value is -1.66. The molecule has 1 saturated heterocycles. The van der Waals surface area contributed by atoms with Crippen molar-refractivity contribution in [1.29, 1.82) is 0 Å². The molecular formula is C15H20Cl2N2O4. The molecule has 8 heteroatoms. The Morgan fingerprint density at radius 1 is 1.43 bits per heavy atom. The zero-order valence-corrected chi connectivity index (χ0v) is 14.5. The van der Waals surface area contributed by atoms with Crippen molar-refractivity contribution in [3.8, 4) is 5.75 Å². The van der Waals surface area contributed by atoms with Gasteiger partial charge in [0.2, 0.25) is 5.91 Å². The summed E-state index contributed by atoms with van der Waals surface area (Å²) in [5.74, 6) is 0.0272. The van der Waals surface area contributed by atoms with Gasteiger partial charge in [-0.25, -0.2) is 4.79 Å². The van der Waals surface area contributed by atoms with Crippen LogP contribution in [0.2, 0.25) is 10.0 Å². The number of phenolic OH excluding ortho intramolecular Hbond substituents is 1. The number of hydrogen-bond donors (Lipinski definition) is 2. The minimum absolute atomic E-state index is 0.102. The molecule has 0 aliphatic carbocycles. The van der Waals surface area contributed by atoms with Gasteiger partial charge in [-0.15, -0.1) is 0 Å². The van der Waals surface area contributed by atoms with Crippen molar-refractivity contribution in [3.63, 3.8) is 0 Å². The van der Waals surface area contributed by atoms with Gasteiger partial charge >= 0.3 is 6.09 Å². The van der Waals surface area contributed by atoms with Gasteiger partial charge in [-0.2, -0.15) is 0 Å². The molecule has 1 unspecified atom stereocenters. The first-order valence-electron chi connectivity index (χ1n) is 7.17. The van der Waals surface area contributed by atoms with E-state index in [1.807, 2.05) is 6.92 Å². The van der Waals surface area contributed by atoms with Crippen LogP contribution in [0.4, 0.5) is 4.79 Å². The standard InChI is InChI=1S/C9H16N2O3.C6H4Cl2O/c1-3-4-11-6-8(14-9(11)13)5-10-7(2)12;7-5-2-1-4(9)3-6(5)8/h8H,3-6H2,1-2H3,(H,10,12);1-3,9H. The van der Waals surface area contributed by atoms with Crippen LogP contribution in [-0.2, 0) is 9.53 Å². The molecule has 1 aliphatic rings. The number of halogens is 2. The Balaban J connectivity index is 0.000000253. The predicted octanol–water partition coefficient (Wildman–Crippen LogP) is 3.05. The second-order valence-electron chi connectivity index (χ2n) is 4.99. The molecule has 0 saturated carbocycles. The summed E-state index contributed by atoms with van der Waals surface area (Å²) >= 11 is 11.1. The highest BCUT2D eigenvalue weighted by molar-refractivity contribution is 6.42. The maximum atomic E-state index is 11.2. The number of aromatic hydroxyl groups is 1. The highest BCUT2D eigenvalue weighted by Crippen LogP contribution is 2.25. The van der Waals surface area contributed by atoms with E-state index >= 15 is 0 Å². The second kappa shape index (κ2) is 9.47. The minimum atomic E-state index is -0.276. The zero-order valence-electron chi connectivity index (χ0n) is 13.0. The fraction of sp³-hybridized carbons (Fsp3) is 0.467. The van der Waals surface area contributed by atoms with Gasteiger partial charge in [0.05, 0.1) is 23.1 Å². The van der Waals surface area contributed by atoms with E-state index in [4.69, 9.17) is 33.0 Å². The van der Waals surface area contributed by atoms with Gasteiger partial charge in [0.1, 0.15) is 11.9 Å². The zero-order chi connectivity index (χ0) is 17.4. The van der Waals surface area contributed by atoms with E-state index in [-0.39, 0.29) is 23.9 Å². The molecule has 23 heavy (non-hydrogen) atoms. The Morgan fingerprint density at radius 3 is 2.65 bits per heavy atom. The van der Waals surface area contributed by atoms with E-state index in [9.17, 15) is 9.59 Å². The lowest BCUT2D eigenvalue weighted by Crippen LogP contribution is -2.33. The molecule has 0 spiro atoms. The number of nitrogens with one attached hydrogen (secondary N) is 1. The average Bonchev–Trinajstić information content (AvgIpc) is 2.83. The fourth-order valence-corrected chi connectivity index (χ4v) is 2.17. The Kier molecular flexibility index (Phi) is 7.98. The van der Waals surface area contributed by atoms with Crippen molar-refractivity contribution in [2.45, 2.75) is 26.4 Å². The van der Waals surface area contributed by atoms with Crippen molar-refractivity contribution >= 4 is 35.2 Å². The van der Waals surface area contributed by atoms with E-state index in [0.29, 0.717) is 23.1 Å². The van der Waals surface area contributed by atoms with Crippen molar-refractivity contribution in [2.24, 2.45) is 0 Å². The van der Waals surface area contributed by atoms with Gasteiger partial charge in [-0.05, 0) is 24.6 Å². The number of carbonyl (C=O) groups excluding carboxylic acids is 2. The summed E-state index contributed by atoms with van der Waals surface area (Å²) in [7, 11) is 0. The van der Waals surface area contributed by atoms with Gasteiger partial charge < -0.3 is 20.1 Å². The number of cyclic esters (lactones) is 1. The monoisotopic (exact) mass is 362 g/mol. The van der Waals surface area contributed by atoms with Crippen LogP contribution in [0.5, 0.6) is 5.75 Å². The molecule has 6 nitrogen and oxygen atoms in total. The number of carbonyl (C=O) groups is 2. The summed E-state index contributed by atoms with van der Waals surface area (Å²) in [6.45, 7) is 5.15. The summed E-state index contributed by atoms with van der Waals surface area (Å²) in [5, 5.41) is 12.2. The number of rotatable bonds is 4. The van der Waals surface area contributed by atoms with Crippen LogP contribution in [0.25, 0.3) is 0 Å². The Morgan fingerprint density at radius 2 is 2.13 bits per heavy atom. The lowest BCUT2D eigenvalue weighted by atomic mass is 10.3. The van der Waals surface area contributed by atoms with E-state index in [0.717, 1.165) is 13.0 Å². The number of nitrogens with zero attached hydrogens (tertiary/aromatic N) is 1. The van der Waals surface area contributed by atoms with Gasteiger partial charge in [-0.1, -0.05) is 30.1 Å².